The number of hydrogen-bond acceptors (Lipinski definition) is 4. The summed E-state index contributed by atoms with van der Waals surface area (Å²) in [7, 11) is 0. The number of benzene rings is 2. The highest BCUT2D eigenvalue weighted by atomic mass is 35.5. The van der Waals surface area contributed by atoms with Crippen LogP contribution in [-0.2, 0) is 6.54 Å². The van der Waals surface area contributed by atoms with Gasteiger partial charge in [0, 0.05) is 6.54 Å². The molecule has 5 heteroatoms. The maximum absolute atomic E-state index is 6.27. The van der Waals surface area contributed by atoms with Gasteiger partial charge in [0.1, 0.15) is 11.0 Å². The van der Waals surface area contributed by atoms with Crippen LogP contribution in [0.1, 0.15) is 16.7 Å². The van der Waals surface area contributed by atoms with Crippen LogP contribution in [-0.4, -0.2) is 8.75 Å². The molecule has 1 heterocycles. The van der Waals surface area contributed by atoms with Gasteiger partial charge >= 0.3 is 0 Å². The van der Waals surface area contributed by atoms with Crippen molar-refractivity contribution in [3.8, 4) is 0 Å². The summed E-state index contributed by atoms with van der Waals surface area (Å²) in [5.74, 6) is 0. The van der Waals surface area contributed by atoms with Gasteiger partial charge in [-0.15, -0.1) is 0 Å². The molecule has 1 N–H and O–H groups in total. The molecule has 3 rings (SSSR count). The Morgan fingerprint density at radius 3 is 2.85 bits per heavy atom. The molecule has 3 aromatic rings. The Kier molecular flexibility index (Phi) is 3.59. The summed E-state index contributed by atoms with van der Waals surface area (Å²) in [6.07, 6.45) is 0. The van der Waals surface area contributed by atoms with Gasteiger partial charge in [0.2, 0.25) is 0 Å². The first kappa shape index (κ1) is 13.3. The van der Waals surface area contributed by atoms with Gasteiger partial charge in [-0.05, 0) is 37.1 Å². The number of hydrogen-bond donors (Lipinski definition) is 1. The van der Waals surface area contributed by atoms with Crippen molar-refractivity contribution >= 4 is 40.0 Å². The minimum Gasteiger partial charge on any atom is -0.378 e. The van der Waals surface area contributed by atoms with Crippen LogP contribution in [0.2, 0.25) is 5.02 Å². The summed E-state index contributed by atoms with van der Waals surface area (Å²) >= 11 is 7.48. The van der Waals surface area contributed by atoms with Gasteiger partial charge in [0.25, 0.3) is 0 Å². The minimum atomic E-state index is 0.676. The highest BCUT2D eigenvalue weighted by molar-refractivity contribution is 7.00. The normalized spacial score (nSPS) is 10.9. The zero-order valence-corrected chi connectivity index (χ0v) is 12.8. The molecule has 3 nitrogen and oxygen atoms in total. The van der Waals surface area contributed by atoms with Crippen LogP contribution >= 0.6 is 23.3 Å². The van der Waals surface area contributed by atoms with E-state index in [1.807, 2.05) is 12.1 Å². The fourth-order valence-electron chi connectivity index (χ4n) is 2.17. The van der Waals surface area contributed by atoms with Crippen molar-refractivity contribution in [2.45, 2.75) is 20.4 Å². The van der Waals surface area contributed by atoms with Crippen LogP contribution < -0.4 is 5.32 Å². The highest BCUT2D eigenvalue weighted by Gasteiger charge is 2.10. The van der Waals surface area contributed by atoms with Crippen molar-refractivity contribution in [2.75, 3.05) is 5.32 Å². The maximum Gasteiger partial charge on any atom is 0.129 e. The molecule has 0 radical (unpaired) electrons. The first-order valence-corrected chi connectivity index (χ1v) is 7.47. The van der Waals surface area contributed by atoms with Gasteiger partial charge in [-0.3, -0.25) is 0 Å². The first-order chi connectivity index (χ1) is 9.65. The third-order valence-corrected chi connectivity index (χ3v) is 4.19. The van der Waals surface area contributed by atoms with Gasteiger partial charge in [-0.2, -0.15) is 8.75 Å². The molecule has 1 aromatic heterocycles. The second-order valence-corrected chi connectivity index (χ2v) is 5.77. The van der Waals surface area contributed by atoms with Crippen LogP contribution in [0.25, 0.3) is 11.0 Å². The molecule has 0 unspecified atom stereocenters. The molecule has 0 fully saturated rings. The summed E-state index contributed by atoms with van der Waals surface area (Å²) < 4.78 is 8.55. The summed E-state index contributed by atoms with van der Waals surface area (Å²) in [6, 6.07) is 10.2. The van der Waals surface area contributed by atoms with Crippen molar-refractivity contribution in [3.05, 3.63) is 52.0 Å². The van der Waals surface area contributed by atoms with E-state index in [1.165, 1.54) is 28.4 Å². The Bertz CT molecular complexity index is 767. The second kappa shape index (κ2) is 5.38. The van der Waals surface area contributed by atoms with Crippen LogP contribution in [0.15, 0.2) is 30.3 Å². The topological polar surface area (TPSA) is 37.8 Å². The third-order valence-electron chi connectivity index (χ3n) is 3.34. The Morgan fingerprint density at radius 1 is 1.15 bits per heavy atom. The molecule has 0 aliphatic carbocycles. The van der Waals surface area contributed by atoms with E-state index in [1.54, 1.807) is 0 Å². The standard InChI is InChI=1S/C15H14ClN3S/c1-9-3-4-10(2)11(7-9)8-17-14-12(16)5-6-13-15(14)19-20-18-13/h3-7,17H,8H2,1-2H3. The molecule has 0 spiro atoms. The van der Waals surface area contributed by atoms with Crippen LogP contribution in [0.3, 0.4) is 0 Å². The lowest BCUT2D eigenvalue weighted by Crippen LogP contribution is -2.03. The van der Waals surface area contributed by atoms with E-state index >= 15 is 0 Å². The van der Waals surface area contributed by atoms with Crippen molar-refractivity contribution in [2.24, 2.45) is 0 Å². The molecule has 0 atom stereocenters. The lowest BCUT2D eigenvalue weighted by Gasteiger charge is -2.11. The molecule has 0 bridgehead atoms. The average molecular weight is 304 g/mol. The molecular formula is C15H14ClN3S. The fourth-order valence-corrected chi connectivity index (χ4v) is 2.93. The first-order valence-electron chi connectivity index (χ1n) is 6.36. The molecule has 0 aliphatic heterocycles. The number of nitrogens with zero attached hydrogens (tertiary/aromatic N) is 2. The summed E-state index contributed by atoms with van der Waals surface area (Å²) in [6.45, 7) is 4.94. The quantitative estimate of drug-likeness (QED) is 0.770. The number of fused-ring (bicyclic) bond motifs is 1. The summed E-state index contributed by atoms with van der Waals surface area (Å²) in [5, 5.41) is 4.08. The van der Waals surface area contributed by atoms with E-state index in [4.69, 9.17) is 11.6 Å². The molecule has 0 saturated carbocycles. The number of nitrogens with one attached hydrogen (secondary N) is 1. The van der Waals surface area contributed by atoms with E-state index in [-0.39, 0.29) is 0 Å². The zero-order chi connectivity index (χ0) is 14.1. The van der Waals surface area contributed by atoms with Gasteiger partial charge in [-0.25, -0.2) is 0 Å². The van der Waals surface area contributed by atoms with Crippen molar-refractivity contribution in [1.82, 2.24) is 8.75 Å². The van der Waals surface area contributed by atoms with Gasteiger partial charge in [0.15, 0.2) is 0 Å². The maximum atomic E-state index is 6.27. The van der Waals surface area contributed by atoms with Crippen LogP contribution in [0.4, 0.5) is 5.69 Å². The van der Waals surface area contributed by atoms with E-state index in [2.05, 4.69) is 46.1 Å². The Labute approximate surface area is 126 Å². The lowest BCUT2D eigenvalue weighted by molar-refractivity contribution is 1.11. The van der Waals surface area contributed by atoms with E-state index in [0.29, 0.717) is 5.02 Å². The van der Waals surface area contributed by atoms with Gasteiger partial charge < -0.3 is 5.32 Å². The van der Waals surface area contributed by atoms with E-state index in [9.17, 15) is 0 Å². The van der Waals surface area contributed by atoms with Crippen molar-refractivity contribution in [1.29, 1.82) is 0 Å². The molecule has 102 valence electrons. The number of aryl methyl sites for hydroxylation is 2. The number of halogens is 1. The smallest absolute Gasteiger partial charge is 0.129 e. The Balaban J connectivity index is 1.92. The van der Waals surface area contributed by atoms with E-state index < -0.39 is 0 Å². The number of aromatic nitrogens is 2. The molecule has 2 aromatic carbocycles. The lowest BCUT2D eigenvalue weighted by atomic mass is 10.1. The largest absolute Gasteiger partial charge is 0.378 e. The van der Waals surface area contributed by atoms with E-state index in [0.717, 1.165) is 23.3 Å². The van der Waals surface area contributed by atoms with Gasteiger partial charge in [0.05, 0.1) is 22.4 Å². The van der Waals surface area contributed by atoms with Gasteiger partial charge in [-0.1, -0.05) is 35.4 Å². The predicted octanol–water partition coefficient (Wildman–Crippen LogP) is 4.57. The van der Waals surface area contributed by atoms with Crippen molar-refractivity contribution in [3.63, 3.8) is 0 Å². The predicted molar refractivity (Wildman–Crippen MR) is 85.7 cm³/mol. The summed E-state index contributed by atoms with van der Waals surface area (Å²) in [5.41, 5.74) is 6.37. The zero-order valence-electron chi connectivity index (χ0n) is 11.3. The molecule has 0 saturated heterocycles. The van der Waals surface area contributed by atoms with Crippen molar-refractivity contribution < 1.29 is 0 Å². The molecule has 0 amide bonds. The average Bonchev–Trinajstić information content (AvgIpc) is 2.90. The Hall–Kier alpha value is -1.65. The molecule has 0 aliphatic rings. The molecular weight excluding hydrogens is 290 g/mol. The number of anilines is 1. The molecule has 20 heavy (non-hydrogen) atoms. The Morgan fingerprint density at radius 2 is 2.00 bits per heavy atom. The number of rotatable bonds is 3. The SMILES string of the molecule is Cc1ccc(C)c(CNc2c(Cl)ccc3nsnc23)c1. The fraction of sp³-hybridized carbons (Fsp3) is 0.200. The summed E-state index contributed by atoms with van der Waals surface area (Å²) in [4.78, 5) is 0. The van der Waals surface area contributed by atoms with Crippen LogP contribution in [0.5, 0.6) is 0 Å². The second-order valence-electron chi connectivity index (χ2n) is 4.84. The van der Waals surface area contributed by atoms with Crippen LogP contribution in [0, 0.1) is 13.8 Å². The monoisotopic (exact) mass is 303 g/mol. The third kappa shape index (κ3) is 2.49. The highest BCUT2D eigenvalue weighted by Crippen LogP contribution is 2.30. The minimum absolute atomic E-state index is 0.676.